The summed E-state index contributed by atoms with van der Waals surface area (Å²) in [5.41, 5.74) is 0. The molecule has 0 aliphatic carbocycles. The normalized spacial score (nSPS) is 14.3. The lowest BCUT2D eigenvalue weighted by molar-refractivity contribution is 0.171. The second-order valence-electron chi connectivity index (χ2n) is 5.56. The van der Waals surface area contributed by atoms with Crippen LogP contribution in [0.2, 0.25) is 0 Å². The van der Waals surface area contributed by atoms with Crippen molar-refractivity contribution >= 4 is 31.4 Å². The highest BCUT2D eigenvalue weighted by atomic mass is 32.2. The van der Waals surface area contributed by atoms with Crippen molar-refractivity contribution in [2.45, 2.75) is 19.6 Å². The van der Waals surface area contributed by atoms with Gasteiger partial charge in [-0.05, 0) is 36.4 Å². The van der Waals surface area contributed by atoms with Crippen LogP contribution in [0.3, 0.4) is 0 Å². The zero-order valence-electron chi connectivity index (χ0n) is 13.6. The van der Waals surface area contributed by atoms with E-state index in [0.29, 0.717) is 29.6 Å². The Morgan fingerprint density at radius 2 is 1.52 bits per heavy atom. The zero-order valence-corrected chi connectivity index (χ0v) is 16.0. The molecule has 0 N–H and O–H groups in total. The van der Waals surface area contributed by atoms with Gasteiger partial charge in [-0.1, -0.05) is 11.8 Å². The first-order valence-electron chi connectivity index (χ1n) is 7.26. The van der Waals surface area contributed by atoms with Gasteiger partial charge in [0.15, 0.2) is 31.2 Å². The molecule has 0 fully saturated rings. The molecule has 6 nitrogen and oxygen atoms in total. The number of rotatable bonds is 4. The van der Waals surface area contributed by atoms with Crippen LogP contribution in [0.1, 0.15) is 0 Å². The summed E-state index contributed by atoms with van der Waals surface area (Å²) in [7, 11) is -7.09. The lowest BCUT2D eigenvalue weighted by Gasteiger charge is -2.19. The zero-order chi connectivity index (χ0) is 18.2. The van der Waals surface area contributed by atoms with E-state index in [0.717, 1.165) is 17.4 Å². The molecule has 0 spiro atoms. The molecule has 0 radical (unpaired) electrons. The van der Waals surface area contributed by atoms with Crippen LogP contribution in [0.5, 0.6) is 11.5 Å². The first-order chi connectivity index (χ1) is 11.6. The molecule has 0 atom stereocenters. The molecule has 25 heavy (non-hydrogen) atoms. The Hall–Kier alpha value is -1.71. The topological polar surface area (TPSA) is 86.7 Å². The number of fused-ring (bicyclic) bond motifs is 1. The van der Waals surface area contributed by atoms with Gasteiger partial charge < -0.3 is 9.47 Å². The molecule has 9 heteroatoms. The largest absolute Gasteiger partial charge is 0.486 e. The quantitative estimate of drug-likeness (QED) is 0.779. The minimum atomic E-state index is -3.59. The van der Waals surface area contributed by atoms with Crippen molar-refractivity contribution in [2.75, 3.05) is 25.7 Å². The molecule has 3 rings (SSSR count). The molecular weight excluding hydrogens is 384 g/mol. The lowest BCUT2D eigenvalue weighted by atomic mass is 10.3. The molecule has 2 aromatic rings. The third-order valence-corrected chi connectivity index (χ3v) is 6.93. The monoisotopic (exact) mass is 400 g/mol. The minimum Gasteiger partial charge on any atom is -0.486 e. The highest BCUT2D eigenvalue weighted by Crippen LogP contribution is 2.39. The fraction of sp³-hybridized carbons (Fsp3) is 0.250. The molecule has 1 aliphatic rings. The lowest BCUT2D eigenvalue weighted by Crippen LogP contribution is -2.15. The van der Waals surface area contributed by atoms with Crippen LogP contribution in [0.25, 0.3) is 0 Å². The molecule has 0 aromatic heterocycles. The summed E-state index contributed by atoms with van der Waals surface area (Å²) in [4.78, 5) is 1.17. The maximum absolute atomic E-state index is 12.1. The highest BCUT2D eigenvalue weighted by Gasteiger charge is 2.19. The Labute approximate surface area is 151 Å². The Balaban J connectivity index is 2.02. The van der Waals surface area contributed by atoms with Gasteiger partial charge in [0.05, 0.1) is 9.79 Å². The Morgan fingerprint density at radius 1 is 0.840 bits per heavy atom. The number of hydrogen-bond donors (Lipinski definition) is 0. The molecule has 134 valence electrons. The van der Waals surface area contributed by atoms with E-state index in [-0.39, 0.29) is 9.79 Å². The molecule has 0 bridgehead atoms. The van der Waals surface area contributed by atoms with Crippen molar-refractivity contribution in [2.24, 2.45) is 0 Å². The predicted molar refractivity (Wildman–Crippen MR) is 94.2 cm³/mol. The van der Waals surface area contributed by atoms with Gasteiger partial charge in [0, 0.05) is 22.3 Å². The summed E-state index contributed by atoms with van der Waals surface area (Å²) in [6, 6.07) is 9.45. The summed E-state index contributed by atoms with van der Waals surface area (Å²) in [6.07, 6.45) is 2.10. The number of ether oxygens (including phenoxy) is 2. The SMILES string of the molecule is CS(=O)(=O)c1ccc(Sc2ccc3c(c2)OCCO3)c(S(C)(=O)=O)c1. The van der Waals surface area contributed by atoms with E-state index >= 15 is 0 Å². The van der Waals surface area contributed by atoms with Crippen LogP contribution < -0.4 is 9.47 Å². The second-order valence-corrected chi connectivity index (χ2v) is 10.7. The van der Waals surface area contributed by atoms with E-state index in [4.69, 9.17) is 9.47 Å². The molecule has 0 unspecified atom stereocenters. The van der Waals surface area contributed by atoms with Crippen molar-refractivity contribution in [3.8, 4) is 11.5 Å². The Kier molecular flexibility index (Phi) is 4.74. The number of hydrogen-bond acceptors (Lipinski definition) is 7. The van der Waals surface area contributed by atoms with Crippen molar-refractivity contribution in [1.82, 2.24) is 0 Å². The van der Waals surface area contributed by atoms with Gasteiger partial charge in [0.1, 0.15) is 13.2 Å². The average Bonchev–Trinajstić information content (AvgIpc) is 2.53. The van der Waals surface area contributed by atoms with Gasteiger partial charge in [0.25, 0.3) is 0 Å². The molecule has 0 saturated carbocycles. The van der Waals surface area contributed by atoms with Gasteiger partial charge in [-0.3, -0.25) is 0 Å². The van der Waals surface area contributed by atoms with E-state index in [1.54, 1.807) is 18.2 Å². The van der Waals surface area contributed by atoms with Crippen LogP contribution in [0.15, 0.2) is 56.0 Å². The van der Waals surface area contributed by atoms with E-state index in [1.807, 2.05) is 0 Å². The number of sulfone groups is 2. The van der Waals surface area contributed by atoms with Gasteiger partial charge >= 0.3 is 0 Å². The molecule has 2 aromatic carbocycles. The first kappa shape index (κ1) is 18.1. The Bertz CT molecular complexity index is 1030. The first-order valence-corrected chi connectivity index (χ1v) is 11.9. The molecule has 1 heterocycles. The van der Waals surface area contributed by atoms with Gasteiger partial charge in [-0.2, -0.15) is 0 Å². The van der Waals surface area contributed by atoms with Crippen molar-refractivity contribution in [3.63, 3.8) is 0 Å². The van der Waals surface area contributed by atoms with Crippen molar-refractivity contribution < 1.29 is 26.3 Å². The third kappa shape index (κ3) is 4.10. The van der Waals surface area contributed by atoms with Gasteiger partial charge in [0.2, 0.25) is 0 Å². The highest BCUT2D eigenvalue weighted by molar-refractivity contribution is 8.00. The fourth-order valence-electron chi connectivity index (χ4n) is 2.31. The van der Waals surface area contributed by atoms with Crippen LogP contribution in [0.4, 0.5) is 0 Å². The van der Waals surface area contributed by atoms with E-state index in [1.165, 1.54) is 30.0 Å². The molecular formula is C16H16O6S3. The fourth-order valence-corrected chi connectivity index (χ4v) is 5.23. The summed E-state index contributed by atoms with van der Waals surface area (Å²) >= 11 is 1.22. The Morgan fingerprint density at radius 3 is 2.16 bits per heavy atom. The summed E-state index contributed by atoms with van der Waals surface area (Å²) in [6.45, 7) is 0.948. The average molecular weight is 400 g/mol. The second kappa shape index (κ2) is 6.54. The van der Waals surface area contributed by atoms with Crippen LogP contribution in [-0.2, 0) is 19.7 Å². The molecule has 0 saturated heterocycles. The van der Waals surface area contributed by atoms with Crippen LogP contribution in [-0.4, -0.2) is 42.6 Å². The summed E-state index contributed by atoms with van der Waals surface area (Å²) < 4.78 is 58.6. The number of benzene rings is 2. The molecule has 1 aliphatic heterocycles. The summed E-state index contributed by atoms with van der Waals surface area (Å²) in [5, 5.41) is 0. The predicted octanol–water partition coefficient (Wildman–Crippen LogP) is 2.42. The molecule has 0 amide bonds. The van der Waals surface area contributed by atoms with Crippen LogP contribution >= 0.6 is 11.8 Å². The van der Waals surface area contributed by atoms with Crippen molar-refractivity contribution in [3.05, 3.63) is 36.4 Å². The summed E-state index contributed by atoms with van der Waals surface area (Å²) in [5.74, 6) is 1.25. The smallest absolute Gasteiger partial charge is 0.176 e. The van der Waals surface area contributed by atoms with E-state index < -0.39 is 19.7 Å². The standard InChI is InChI=1S/C16H16O6S3/c1-24(17,18)12-4-6-15(16(10-12)25(2,19)20)23-11-3-5-13-14(9-11)22-8-7-21-13/h3-6,9-10H,7-8H2,1-2H3. The maximum Gasteiger partial charge on any atom is 0.176 e. The van der Waals surface area contributed by atoms with Crippen molar-refractivity contribution in [1.29, 1.82) is 0 Å². The minimum absolute atomic E-state index is 0.0182. The van der Waals surface area contributed by atoms with Crippen LogP contribution in [0, 0.1) is 0 Å². The third-order valence-electron chi connectivity index (χ3n) is 3.48. The van der Waals surface area contributed by atoms with Gasteiger partial charge in [-0.15, -0.1) is 0 Å². The van der Waals surface area contributed by atoms with E-state index in [2.05, 4.69) is 0 Å². The van der Waals surface area contributed by atoms with E-state index in [9.17, 15) is 16.8 Å². The maximum atomic E-state index is 12.1. The van der Waals surface area contributed by atoms with Gasteiger partial charge in [-0.25, -0.2) is 16.8 Å².